The molecule has 0 aliphatic carbocycles. The van der Waals surface area contributed by atoms with Crippen molar-refractivity contribution in [2.75, 3.05) is 0 Å². The second kappa shape index (κ2) is 30.2. The van der Waals surface area contributed by atoms with Crippen molar-refractivity contribution in [1.82, 2.24) is 0 Å². The molecule has 0 atom stereocenters. The molecule has 0 saturated carbocycles. The minimum Gasteiger partial charge on any atom is -0.478 e. The van der Waals surface area contributed by atoms with Crippen LogP contribution in [0.25, 0.3) is 0 Å². The zero-order valence-electron chi connectivity index (χ0n) is 25.6. The van der Waals surface area contributed by atoms with Gasteiger partial charge in [0, 0.05) is 0 Å². The molecule has 0 aliphatic heterocycles. The minimum absolute atomic E-state index is 0.0603. The highest BCUT2D eigenvalue weighted by Gasteiger charge is 2.13. The number of ketones is 1. The molecule has 0 saturated heterocycles. The van der Waals surface area contributed by atoms with Gasteiger partial charge in [-0.1, -0.05) is 174 Å². The van der Waals surface area contributed by atoms with E-state index in [-0.39, 0.29) is 11.4 Å². The highest BCUT2D eigenvalue weighted by Crippen LogP contribution is 2.15. The first-order valence-corrected chi connectivity index (χ1v) is 16.8. The fraction of sp³-hybridized carbons (Fsp3) is 0.829. The molecular weight excluding hydrogens is 468 g/mol. The average Bonchev–Trinajstić information content (AvgIpc) is 2.90. The van der Waals surface area contributed by atoms with Gasteiger partial charge < -0.3 is 5.11 Å². The van der Waals surface area contributed by atoms with Crippen LogP contribution in [-0.2, 0) is 9.59 Å². The monoisotopic (exact) mass is 532 g/mol. The summed E-state index contributed by atoms with van der Waals surface area (Å²) in [6.07, 6.45) is 39.2. The van der Waals surface area contributed by atoms with E-state index in [4.69, 9.17) is 0 Å². The number of carbonyl (C=O) groups excluding carboxylic acids is 1. The zero-order chi connectivity index (χ0) is 27.9. The van der Waals surface area contributed by atoms with Crippen molar-refractivity contribution in [3.05, 3.63) is 23.8 Å². The predicted molar refractivity (Wildman–Crippen MR) is 166 cm³/mol. The Balaban J connectivity index is 3.72. The number of hydrogen-bond acceptors (Lipinski definition) is 2. The summed E-state index contributed by atoms with van der Waals surface area (Å²) in [4.78, 5) is 23.9. The van der Waals surface area contributed by atoms with Crippen LogP contribution in [0, 0.1) is 0 Å². The molecule has 38 heavy (non-hydrogen) atoms. The summed E-state index contributed by atoms with van der Waals surface area (Å²) >= 11 is 0. The van der Waals surface area contributed by atoms with E-state index >= 15 is 0 Å². The van der Waals surface area contributed by atoms with Crippen LogP contribution in [0.1, 0.15) is 187 Å². The van der Waals surface area contributed by atoms with Gasteiger partial charge in [0.25, 0.3) is 0 Å². The van der Waals surface area contributed by atoms with Crippen LogP contribution in [-0.4, -0.2) is 16.9 Å². The van der Waals surface area contributed by atoms with Crippen LogP contribution in [0.5, 0.6) is 0 Å². The van der Waals surface area contributed by atoms with Gasteiger partial charge in [0.05, 0.1) is 0 Å². The number of rotatable bonds is 30. The molecule has 1 N–H and O–H groups in total. The maximum atomic E-state index is 12.3. The first-order chi connectivity index (χ1) is 18.6. The quantitative estimate of drug-likeness (QED) is 0.0433. The van der Waals surface area contributed by atoms with Gasteiger partial charge >= 0.3 is 5.97 Å². The van der Waals surface area contributed by atoms with E-state index in [2.05, 4.69) is 13.8 Å². The second-order valence-electron chi connectivity index (χ2n) is 11.4. The molecule has 3 heteroatoms. The van der Waals surface area contributed by atoms with Gasteiger partial charge in [-0.25, -0.2) is 4.79 Å². The number of carboxylic acids is 1. The number of hydrogen-bond donors (Lipinski definition) is 1. The van der Waals surface area contributed by atoms with E-state index < -0.39 is 5.97 Å². The SMILES string of the molecule is CCCCCCCCCCCCCC=CC(=O)C(=CCCCCCCCCCCCCCCCC)C(=O)O. The van der Waals surface area contributed by atoms with E-state index in [0.29, 0.717) is 6.42 Å². The molecule has 0 spiro atoms. The molecule has 0 unspecified atom stereocenters. The third-order valence-corrected chi connectivity index (χ3v) is 7.65. The van der Waals surface area contributed by atoms with Gasteiger partial charge in [-0.2, -0.15) is 0 Å². The number of unbranched alkanes of at least 4 members (excludes halogenated alkanes) is 25. The van der Waals surface area contributed by atoms with Crippen molar-refractivity contribution in [3.8, 4) is 0 Å². The van der Waals surface area contributed by atoms with Crippen molar-refractivity contribution in [2.24, 2.45) is 0 Å². The molecule has 0 aromatic carbocycles. The number of allylic oxidation sites excluding steroid dienone is 3. The number of carbonyl (C=O) groups is 2. The molecular formula is C35H64O3. The van der Waals surface area contributed by atoms with Crippen LogP contribution >= 0.6 is 0 Å². The number of aliphatic carboxylic acids is 1. The lowest BCUT2D eigenvalue weighted by atomic mass is 10.0. The summed E-state index contributed by atoms with van der Waals surface area (Å²) in [6.45, 7) is 4.53. The van der Waals surface area contributed by atoms with E-state index in [1.54, 1.807) is 6.08 Å². The molecule has 0 radical (unpaired) electrons. The Morgan fingerprint density at radius 3 is 1.13 bits per heavy atom. The van der Waals surface area contributed by atoms with Crippen LogP contribution < -0.4 is 0 Å². The second-order valence-corrected chi connectivity index (χ2v) is 11.4. The van der Waals surface area contributed by atoms with Crippen molar-refractivity contribution in [1.29, 1.82) is 0 Å². The summed E-state index contributed by atoms with van der Waals surface area (Å²) in [5, 5.41) is 9.44. The Bertz CT molecular complexity index is 590. The van der Waals surface area contributed by atoms with E-state index in [1.165, 1.54) is 147 Å². The van der Waals surface area contributed by atoms with Crippen molar-refractivity contribution in [2.45, 2.75) is 187 Å². The van der Waals surface area contributed by atoms with Gasteiger partial charge in [-0.05, 0) is 31.8 Å². The highest BCUT2D eigenvalue weighted by molar-refractivity contribution is 6.21. The molecule has 222 valence electrons. The lowest BCUT2D eigenvalue weighted by Crippen LogP contribution is -2.10. The molecule has 0 amide bonds. The Labute approximate surface area is 237 Å². The fourth-order valence-electron chi connectivity index (χ4n) is 5.09. The van der Waals surface area contributed by atoms with Crippen LogP contribution in [0.3, 0.4) is 0 Å². The maximum Gasteiger partial charge on any atom is 0.339 e. The minimum atomic E-state index is -1.10. The zero-order valence-corrected chi connectivity index (χ0v) is 25.6. The molecule has 3 nitrogen and oxygen atoms in total. The van der Waals surface area contributed by atoms with Gasteiger partial charge in [0.15, 0.2) is 5.78 Å². The highest BCUT2D eigenvalue weighted by atomic mass is 16.4. The molecule has 0 heterocycles. The van der Waals surface area contributed by atoms with E-state index in [0.717, 1.165) is 25.7 Å². The predicted octanol–water partition coefficient (Wildman–Crippen LogP) is 11.7. The Hall–Kier alpha value is -1.38. The molecule has 0 rings (SSSR count). The van der Waals surface area contributed by atoms with Gasteiger partial charge in [-0.15, -0.1) is 0 Å². The summed E-state index contributed by atoms with van der Waals surface area (Å²) in [7, 11) is 0. The van der Waals surface area contributed by atoms with Gasteiger partial charge in [0.2, 0.25) is 0 Å². The lowest BCUT2D eigenvalue weighted by molar-refractivity contribution is -0.134. The standard InChI is InChI=1S/C35H64O3/c1-3-5-7-9-11-13-15-17-18-20-21-23-25-27-29-31-33(35(37)38)34(36)32-30-28-26-24-22-19-16-14-12-10-8-6-4-2/h30-32H,3-29H2,1-2H3,(H,37,38). The molecule has 0 aromatic heterocycles. The summed E-state index contributed by atoms with van der Waals surface area (Å²) in [6, 6.07) is 0. The van der Waals surface area contributed by atoms with Crippen LogP contribution in [0.2, 0.25) is 0 Å². The van der Waals surface area contributed by atoms with Gasteiger partial charge in [0.1, 0.15) is 5.57 Å². The molecule has 0 fully saturated rings. The Morgan fingerprint density at radius 2 is 0.789 bits per heavy atom. The fourth-order valence-corrected chi connectivity index (χ4v) is 5.09. The molecule has 0 aromatic rings. The summed E-state index contributed by atoms with van der Waals surface area (Å²) in [5.74, 6) is -1.45. The number of carboxylic acid groups (broad SMARTS) is 1. The third kappa shape index (κ3) is 26.2. The van der Waals surface area contributed by atoms with E-state index in [9.17, 15) is 14.7 Å². The maximum absolute atomic E-state index is 12.3. The molecule has 0 bridgehead atoms. The van der Waals surface area contributed by atoms with Crippen molar-refractivity contribution < 1.29 is 14.7 Å². The topological polar surface area (TPSA) is 54.4 Å². The largest absolute Gasteiger partial charge is 0.478 e. The van der Waals surface area contributed by atoms with E-state index in [1.807, 2.05) is 6.08 Å². The lowest BCUT2D eigenvalue weighted by Gasteiger charge is -2.03. The van der Waals surface area contributed by atoms with Gasteiger partial charge in [-0.3, -0.25) is 4.79 Å². The smallest absolute Gasteiger partial charge is 0.339 e. The molecule has 0 aliphatic rings. The first-order valence-electron chi connectivity index (χ1n) is 16.8. The Morgan fingerprint density at radius 1 is 0.474 bits per heavy atom. The van der Waals surface area contributed by atoms with Crippen molar-refractivity contribution >= 4 is 11.8 Å². The normalized spacial score (nSPS) is 12.0. The Kier molecular flexibility index (Phi) is 29.1. The summed E-state index contributed by atoms with van der Waals surface area (Å²) < 4.78 is 0. The van der Waals surface area contributed by atoms with Crippen molar-refractivity contribution in [3.63, 3.8) is 0 Å². The van der Waals surface area contributed by atoms with Crippen LogP contribution in [0.4, 0.5) is 0 Å². The third-order valence-electron chi connectivity index (χ3n) is 7.65. The first kappa shape index (κ1) is 36.6. The van der Waals surface area contributed by atoms with Crippen LogP contribution in [0.15, 0.2) is 23.8 Å². The average molecular weight is 533 g/mol. The summed E-state index contributed by atoms with van der Waals surface area (Å²) in [5.41, 5.74) is -0.0603.